The fraction of sp³-hybridized carbons (Fsp3) is 0.174. The molecule has 1 amide bonds. The molecule has 0 saturated heterocycles. The van der Waals surface area contributed by atoms with Gasteiger partial charge < -0.3 is 9.84 Å². The molecule has 33 heavy (non-hydrogen) atoms. The van der Waals surface area contributed by atoms with Crippen molar-refractivity contribution >= 4 is 39.4 Å². The summed E-state index contributed by atoms with van der Waals surface area (Å²) in [5, 5.41) is 13.6. The number of carbonyl (C=O) groups excluding carboxylic acids is 1. The summed E-state index contributed by atoms with van der Waals surface area (Å²) < 4.78 is 6.95. The second-order valence-electron chi connectivity index (χ2n) is 7.42. The van der Waals surface area contributed by atoms with E-state index in [0.717, 1.165) is 34.0 Å². The van der Waals surface area contributed by atoms with E-state index in [1.54, 1.807) is 24.3 Å². The number of hydrogen-bond acceptors (Lipinski definition) is 7. The van der Waals surface area contributed by atoms with Crippen molar-refractivity contribution in [2.75, 3.05) is 18.1 Å². The molecule has 0 bridgehead atoms. The Bertz CT molecular complexity index is 1510. The molecular formula is C23H18N4O5S. The van der Waals surface area contributed by atoms with Gasteiger partial charge in [0.15, 0.2) is 5.82 Å². The lowest BCUT2D eigenvalue weighted by molar-refractivity contribution is -0.136. The van der Waals surface area contributed by atoms with Gasteiger partial charge in [-0.2, -0.15) is 9.50 Å². The molecule has 2 aromatic heterocycles. The van der Waals surface area contributed by atoms with Crippen LogP contribution in [0.2, 0.25) is 0 Å². The Labute approximate surface area is 191 Å². The van der Waals surface area contributed by atoms with E-state index in [2.05, 4.69) is 10.1 Å². The number of rotatable bonds is 6. The molecule has 166 valence electrons. The molecule has 3 heterocycles. The highest BCUT2D eigenvalue weighted by Gasteiger charge is 2.35. The Morgan fingerprint density at radius 1 is 1.12 bits per heavy atom. The van der Waals surface area contributed by atoms with Crippen LogP contribution in [0.1, 0.15) is 18.9 Å². The number of carboxylic acid groups (broad SMARTS) is 1. The molecule has 0 saturated carbocycles. The zero-order valence-corrected chi connectivity index (χ0v) is 18.3. The summed E-state index contributed by atoms with van der Waals surface area (Å²) in [7, 11) is 0. The SMILES string of the molecule is CCCOc1ccc(-c2nc3sc(=C4C(=O)N(CC(=O)O)c5ccccc54)c(=O)n3n2)cc1. The second kappa shape index (κ2) is 8.14. The van der Waals surface area contributed by atoms with Gasteiger partial charge in [0.05, 0.1) is 17.9 Å². The van der Waals surface area contributed by atoms with Gasteiger partial charge in [0, 0.05) is 11.1 Å². The number of thiazole rings is 1. The van der Waals surface area contributed by atoms with E-state index in [4.69, 9.17) is 4.74 Å². The first-order valence-electron chi connectivity index (χ1n) is 10.3. The summed E-state index contributed by atoms with van der Waals surface area (Å²) in [6.45, 7) is 2.17. The molecular weight excluding hydrogens is 444 g/mol. The Morgan fingerprint density at radius 3 is 2.58 bits per heavy atom. The number of aliphatic carboxylic acids is 1. The third-order valence-corrected chi connectivity index (χ3v) is 6.22. The van der Waals surface area contributed by atoms with Crippen LogP contribution in [-0.4, -0.2) is 44.7 Å². The van der Waals surface area contributed by atoms with E-state index in [-0.39, 0.29) is 10.1 Å². The van der Waals surface area contributed by atoms with E-state index in [1.807, 2.05) is 31.2 Å². The topological polar surface area (TPSA) is 114 Å². The Hall–Kier alpha value is -4.05. The number of hydrogen-bond donors (Lipinski definition) is 1. The van der Waals surface area contributed by atoms with Gasteiger partial charge in [0.25, 0.3) is 11.5 Å². The predicted molar refractivity (Wildman–Crippen MR) is 123 cm³/mol. The quantitative estimate of drug-likeness (QED) is 0.466. The Balaban J connectivity index is 1.59. The first-order chi connectivity index (χ1) is 16.0. The molecule has 4 aromatic rings. The van der Waals surface area contributed by atoms with Crippen molar-refractivity contribution in [2.24, 2.45) is 0 Å². The summed E-state index contributed by atoms with van der Waals surface area (Å²) in [5.74, 6) is -0.528. The highest BCUT2D eigenvalue weighted by Crippen LogP contribution is 2.35. The molecule has 2 aromatic carbocycles. The Kier molecular flexibility index (Phi) is 5.14. The van der Waals surface area contributed by atoms with Gasteiger partial charge in [0.1, 0.15) is 16.8 Å². The molecule has 1 aliphatic rings. The molecule has 0 unspecified atom stereocenters. The monoisotopic (exact) mass is 462 g/mol. The molecule has 9 nitrogen and oxygen atoms in total. The van der Waals surface area contributed by atoms with Crippen molar-refractivity contribution in [1.29, 1.82) is 0 Å². The minimum atomic E-state index is -1.14. The number of carboxylic acids is 1. The molecule has 0 aliphatic carbocycles. The number of aromatic nitrogens is 3. The summed E-state index contributed by atoms with van der Waals surface area (Å²) in [4.78, 5) is 43.5. The van der Waals surface area contributed by atoms with Crippen molar-refractivity contribution < 1.29 is 19.4 Å². The lowest BCUT2D eigenvalue weighted by atomic mass is 10.1. The van der Waals surface area contributed by atoms with Crippen LogP contribution >= 0.6 is 11.3 Å². The number of benzene rings is 2. The highest BCUT2D eigenvalue weighted by molar-refractivity contribution is 7.15. The molecule has 1 aliphatic heterocycles. The van der Waals surface area contributed by atoms with Crippen LogP contribution in [0.3, 0.4) is 0 Å². The van der Waals surface area contributed by atoms with E-state index >= 15 is 0 Å². The van der Waals surface area contributed by atoms with Crippen LogP contribution in [0.25, 0.3) is 21.9 Å². The maximum absolute atomic E-state index is 13.2. The normalized spacial score (nSPS) is 14.7. The predicted octanol–water partition coefficient (Wildman–Crippen LogP) is 1.96. The number of nitrogens with zero attached hydrogens (tertiary/aromatic N) is 4. The van der Waals surface area contributed by atoms with Crippen LogP contribution in [-0.2, 0) is 9.59 Å². The number of anilines is 1. The van der Waals surface area contributed by atoms with Gasteiger partial charge in [-0.25, -0.2) is 0 Å². The van der Waals surface area contributed by atoms with E-state index in [9.17, 15) is 19.5 Å². The molecule has 0 atom stereocenters. The summed E-state index contributed by atoms with van der Waals surface area (Å²) in [6, 6.07) is 14.1. The van der Waals surface area contributed by atoms with Crippen molar-refractivity contribution in [3.05, 3.63) is 69.0 Å². The van der Waals surface area contributed by atoms with Gasteiger partial charge in [-0.15, -0.1) is 5.10 Å². The molecule has 0 spiro atoms. The lowest BCUT2D eigenvalue weighted by Crippen LogP contribution is -2.35. The second-order valence-corrected chi connectivity index (χ2v) is 8.39. The lowest BCUT2D eigenvalue weighted by Gasteiger charge is -2.13. The van der Waals surface area contributed by atoms with Crippen molar-refractivity contribution in [2.45, 2.75) is 13.3 Å². The highest BCUT2D eigenvalue weighted by atomic mass is 32.1. The van der Waals surface area contributed by atoms with Crippen molar-refractivity contribution in [3.63, 3.8) is 0 Å². The molecule has 0 radical (unpaired) electrons. The summed E-state index contributed by atoms with van der Waals surface area (Å²) in [6.07, 6.45) is 0.912. The summed E-state index contributed by atoms with van der Waals surface area (Å²) >= 11 is 1.06. The van der Waals surface area contributed by atoms with Crippen LogP contribution in [0.4, 0.5) is 5.69 Å². The fourth-order valence-electron chi connectivity index (χ4n) is 3.72. The number of fused-ring (bicyclic) bond motifs is 2. The maximum atomic E-state index is 13.2. The zero-order chi connectivity index (χ0) is 23.1. The molecule has 0 fully saturated rings. The fourth-order valence-corrected chi connectivity index (χ4v) is 4.72. The maximum Gasteiger partial charge on any atom is 0.323 e. The Morgan fingerprint density at radius 2 is 1.88 bits per heavy atom. The molecule has 5 rings (SSSR count). The number of amides is 1. The minimum absolute atomic E-state index is 0.174. The summed E-state index contributed by atoms with van der Waals surface area (Å²) in [5.41, 5.74) is 1.43. The first-order valence-corrected chi connectivity index (χ1v) is 11.1. The van der Waals surface area contributed by atoms with E-state index in [0.29, 0.717) is 28.6 Å². The van der Waals surface area contributed by atoms with E-state index < -0.39 is 24.0 Å². The van der Waals surface area contributed by atoms with Gasteiger partial charge in [-0.1, -0.05) is 36.5 Å². The number of ether oxygens (including phenoxy) is 1. The largest absolute Gasteiger partial charge is 0.494 e. The minimum Gasteiger partial charge on any atom is -0.494 e. The third kappa shape index (κ3) is 3.54. The number of carbonyl (C=O) groups is 2. The molecule has 1 N–H and O–H groups in total. The van der Waals surface area contributed by atoms with Gasteiger partial charge >= 0.3 is 5.97 Å². The van der Waals surface area contributed by atoms with E-state index in [1.165, 1.54) is 4.52 Å². The van der Waals surface area contributed by atoms with Crippen LogP contribution in [0, 0.1) is 0 Å². The van der Waals surface area contributed by atoms with Crippen molar-refractivity contribution in [3.8, 4) is 17.1 Å². The van der Waals surface area contributed by atoms with Crippen LogP contribution < -0.4 is 19.7 Å². The average Bonchev–Trinajstić information content (AvgIpc) is 3.44. The van der Waals surface area contributed by atoms with Crippen molar-refractivity contribution in [1.82, 2.24) is 14.6 Å². The number of para-hydroxylation sites is 1. The van der Waals surface area contributed by atoms with Crippen LogP contribution in [0.15, 0.2) is 53.3 Å². The van der Waals surface area contributed by atoms with Gasteiger partial charge in [-0.3, -0.25) is 19.3 Å². The first kappa shape index (κ1) is 20.8. The smallest absolute Gasteiger partial charge is 0.323 e. The zero-order valence-electron chi connectivity index (χ0n) is 17.5. The third-order valence-electron chi connectivity index (χ3n) is 5.19. The standard InChI is InChI=1S/C23H18N4O5S/c1-2-11-32-14-9-7-13(8-10-14)20-24-23-27(25-20)22(31)19(33-23)18-15-5-3-4-6-16(15)26(21(18)30)12-17(28)29/h3-10H,2,11-12H2,1H3,(H,28,29). The van der Waals surface area contributed by atoms with Crippen LogP contribution in [0.5, 0.6) is 5.75 Å². The average molecular weight is 462 g/mol. The molecule has 10 heteroatoms. The van der Waals surface area contributed by atoms with Gasteiger partial charge in [-0.05, 0) is 36.8 Å². The van der Waals surface area contributed by atoms with Gasteiger partial charge in [0.2, 0.25) is 4.96 Å².